The molecule has 0 N–H and O–H groups in total. The van der Waals surface area contributed by atoms with Crippen LogP contribution in [0.25, 0.3) is 10.9 Å². The van der Waals surface area contributed by atoms with Crippen LogP contribution in [0.2, 0.25) is 0 Å². The van der Waals surface area contributed by atoms with Gasteiger partial charge in [0, 0.05) is 27.1 Å². The van der Waals surface area contributed by atoms with Crippen molar-refractivity contribution in [3.63, 3.8) is 0 Å². The topological polar surface area (TPSA) is 73.7 Å². The standard InChI is InChI=1S/C17H16BrN3O3S/c1-23-15-8-13-14(9-16(15)24-2)19-10-20-17(13)21-25(3,22)12-6-4-5-11(18)7-12/h4-10H,1-3H3. The third-order valence-corrected chi connectivity index (χ3v) is 5.76. The van der Waals surface area contributed by atoms with Crippen LogP contribution in [0.15, 0.2) is 56.5 Å². The van der Waals surface area contributed by atoms with Crippen molar-refractivity contribution in [1.29, 1.82) is 0 Å². The van der Waals surface area contributed by atoms with Gasteiger partial charge in [0.05, 0.1) is 29.5 Å². The van der Waals surface area contributed by atoms with Crippen LogP contribution in [-0.4, -0.2) is 34.7 Å². The van der Waals surface area contributed by atoms with Gasteiger partial charge in [-0.25, -0.2) is 14.2 Å². The number of ether oxygens (including phenoxy) is 2. The van der Waals surface area contributed by atoms with Crippen LogP contribution in [0.5, 0.6) is 11.5 Å². The van der Waals surface area contributed by atoms with E-state index in [0.29, 0.717) is 33.1 Å². The van der Waals surface area contributed by atoms with E-state index in [-0.39, 0.29) is 0 Å². The third kappa shape index (κ3) is 3.59. The molecule has 0 radical (unpaired) electrons. The van der Waals surface area contributed by atoms with E-state index in [2.05, 4.69) is 30.3 Å². The molecule has 2 aromatic carbocycles. The van der Waals surface area contributed by atoms with Gasteiger partial charge in [0.25, 0.3) is 0 Å². The fourth-order valence-electron chi connectivity index (χ4n) is 2.36. The van der Waals surface area contributed by atoms with E-state index in [0.717, 1.165) is 4.47 Å². The lowest BCUT2D eigenvalue weighted by molar-refractivity contribution is 0.356. The maximum absolute atomic E-state index is 13.1. The Hall–Kier alpha value is -2.19. The summed E-state index contributed by atoms with van der Waals surface area (Å²) in [6, 6.07) is 10.7. The van der Waals surface area contributed by atoms with Crippen LogP contribution < -0.4 is 9.47 Å². The number of hydrogen-bond acceptors (Lipinski definition) is 6. The molecule has 0 aliphatic carbocycles. The molecule has 0 saturated carbocycles. The molecule has 3 rings (SSSR count). The molecular formula is C17H16BrN3O3S. The van der Waals surface area contributed by atoms with Gasteiger partial charge < -0.3 is 9.47 Å². The molecule has 0 amide bonds. The van der Waals surface area contributed by atoms with Crippen molar-refractivity contribution in [1.82, 2.24) is 9.97 Å². The Morgan fingerprint density at radius 1 is 1.08 bits per heavy atom. The molecule has 1 aromatic heterocycles. The maximum atomic E-state index is 13.1. The van der Waals surface area contributed by atoms with Gasteiger partial charge >= 0.3 is 0 Å². The molecule has 130 valence electrons. The average Bonchev–Trinajstić information content (AvgIpc) is 2.60. The molecule has 1 heterocycles. The van der Waals surface area contributed by atoms with Gasteiger partial charge in [0.2, 0.25) is 0 Å². The summed E-state index contributed by atoms with van der Waals surface area (Å²) in [6.07, 6.45) is 2.98. The molecule has 0 fully saturated rings. The minimum absolute atomic E-state index is 0.346. The van der Waals surface area contributed by atoms with Gasteiger partial charge in [-0.3, -0.25) is 0 Å². The summed E-state index contributed by atoms with van der Waals surface area (Å²) < 4.78 is 29.0. The van der Waals surface area contributed by atoms with Crippen LogP contribution in [-0.2, 0) is 9.73 Å². The second-order valence-corrected chi connectivity index (χ2v) is 8.45. The Morgan fingerprint density at radius 3 is 2.48 bits per heavy atom. The van der Waals surface area contributed by atoms with E-state index < -0.39 is 9.73 Å². The molecule has 25 heavy (non-hydrogen) atoms. The normalized spacial score (nSPS) is 13.3. The van der Waals surface area contributed by atoms with Crippen LogP contribution >= 0.6 is 15.9 Å². The summed E-state index contributed by atoms with van der Waals surface area (Å²) in [5.74, 6) is 1.44. The van der Waals surface area contributed by atoms with Crippen molar-refractivity contribution in [2.75, 3.05) is 20.5 Å². The minimum atomic E-state index is -2.68. The highest BCUT2D eigenvalue weighted by Crippen LogP contribution is 2.35. The lowest BCUT2D eigenvalue weighted by Gasteiger charge is -2.10. The predicted octanol–water partition coefficient (Wildman–Crippen LogP) is 4.20. The molecule has 3 aromatic rings. The van der Waals surface area contributed by atoms with Gasteiger partial charge in [-0.2, -0.15) is 4.36 Å². The Labute approximate surface area is 154 Å². The molecule has 0 aliphatic heterocycles. The first-order valence-electron chi connectivity index (χ1n) is 7.29. The molecule has 1 atom stereocenters. The number of halogens is 1. The summed E-state index contributed by atoms with van der Waals surface area (Å²) in [4.78, 5) is 9.06. The fraction of sp³-hybridized carbons (Fsp3) is 0.176. The van der Waals surface area contributed by atoms with Crippen LogP contribution in [0.4, 0.5) is 5.82 Å². The molecule has 6 nitrogen and oxygen atoms in total. The quantitative estimate of drug-likeness (QED) is 0.630. The number of rotatable bonds is 4. The molecule has 0 saturated heterocycles. The number of aromatic nitrogens is 2. The monoisotopic (exact) mass is 421 g/mol. The van der Waals surface area contributed by atoms with E-state index in [1.54, 1.807) is 44.7 Å². The van der Waals surface area contributed by atoms with E-state index >= 15 is 0 Å². The zero-order valence-corrected chi connectivity index (χ0v) is 16.3. The van der Waals surface area contributed by atoms with Gasteiger partial charge in [-0.15, -0.1) is 0 Å². The fourth-order valence-corrected chi connectivity index (χ4v) is 4.17. The summed E-state index contributed by atoms with van der Waals surface area (Å²) in [5.41, 5.74) is 0.635. The first kappa shape index (κ1) is 17.6. The number of benzene rings is 2. The van der Waals surface area contributed by atoms with Crippen molar-refractivity contribution in [3.05, 3.63) is 47.2 Å². The van der Waals surface area contributed by atoms with E-state index in [1.807, 2.05) is 12.1 Å². The molecule has 8 heteroatoms. The molecular weight excluding hydrogens is 406 g/mol. The van der Waals surface area contributed by atoms with Crippen molar-refractivity contribution in [2.24, 2.45) is 4.36 Å². The zero-order valence-electron chi connectivity index (χ0n) is 13.9. The number of methoxy groups -OCH3 is 2. The largest absolute Gasteiger partial charge is 0.493 e. The van der Waals surface area contributed by atoms with Crippen molar-refractivity contribution < 1.29 is 13.7 Å². The van der Waals surface area contributed by atoms with E-state index in [1.165, 1.54) is 6.33 Å². The van der Waals surface area contributed by atoms with Gasteiger partial charge in [0.1, 0.15) is 6.33 Å². The average molecular weight is 422 g/mol. The number of fused-ring (bicyclic) bond motifs is 1. The van der Waals surface area contributed by atoms with Gasteiger partial charge in [-0.05, 0) is 24.3 Å². The molecule has 0 aliphatic rings. The summed E-state index contributed by atoms with van der Waals surface area (Å²) in [7, 11) is 0.428. The summed E-state index contributed by atoms with van der Waals surface area (Å²) >= 11 is 3.39. The van der Waals surface area contributed by atoms with Crippen LogP contribution in [0, 0.1) is 0 Å². The smallest absolute Gasteiger partial charge is 0.173 e. The highest BCUT2D eigenvalue weighted by Gasteiger charge is 2.13. The predicted molar refractivity (Wildman–Crippen MR) is 101 cm³/mol. The number of nitrogens with zero attached hydrogens (tertiary/aromatic N) is 3. The lowest BCUT2D eigenvalue weighted by atomic mass is 10.2. The zero-order chi connectivity index (χ0) is 18.0. The Morgan fingerprint density at radius 2 is 1.80 bits per heavy atom. The van der Waals surface area contributed by atoms with Gasteiger partial charge in [0.15, 0.2) is 17.3 Å². The van der Waals surface area contributed by atoms with Crippen molar-refractivity contribution in [3.8, 4) is 11.5 Å². The SMILES string of the molecule is COc1cc2ncnc(N=S(C)(=O)c3cccc(Br)c3)c2cc1OC. The first-order chi connectivity index (χ1) is 11.9. The second kappa shape index (κ2) is 6.97. The van der Waals surface area contributed by atoms with Gasteiger partial charge in [-0.1, -0.05) is 22.0 Å². The molecule has 0 spiro atoms. The minimum Gasteiger partial charge on any atom is -0.493 e. The highest BCUT2D eigenvalue weighted by molar-refractivity contribution is 9.10. The Bertz CT molecular complexity index is 1060. The van der Waals surface area contributed by atoms with Crippen LogP contribution in [0.3, 0.4) is 0 Å². The highest BCUT2D eigenvalue weighted by atomic mass is 79.9. The lowest BCUT2D eigenvalue weighted by Crippen LogP contribution is -1.98. The van der Waals surface area contributed by atoms with E-state index in [9.17, 15) is 4.21 Å². The van der Waals surface area contributed by atoms with Crippen molar-refractivity contribution >= 4 is 42.4 Å². The molecule has 0 bridgehead atoms. The summed E-state index contributed by atoms with van der Waals surface area (Å²) in [5, 5.41) is 0.643. The van der Waals surface area contributed by atoms with Crippen molar-refractivity contribution in [2.45, 2.75) is 4.90 Å². The summed E-state index contributed by atoms with van der Waals surface area (Å²) in [6.45, 7) is 0. The number of hydrogen-bond donors (Lipinski definition) is 0. The second-order valence-electron chi connectivity index (χ2n) is 5.27. The van der Waals surface area contributed by atoms with E-state index in [4.69, 9.17) is 9.47 Å². The maximum Gasteiger partial charge on any atom is 0.173 e. The first-order valence-corrected chi connectivity index (χ1v) is 10.0. The van der Waals surface area contributed by atoms with Crippen LogP contribution in [0.1, 0.15) is 0 Å². The Kier molecular flexibility index (Phi) is 4.91. The molecule has 1 unspecified atom stereocenters. The Balaban J connectivity index is 2.23. The third-order valence-electron chi connectivity index (χ3n) is 3.61.